The van der Waals surface area contributed by atoms with Crippen LogP contribution in [-0.4, -0.2) is 16.0 Å². The van der Waals surface area contributed by atoms with Crippen molar-refractivity contribution in [3.05, 3.63) is 30.0 Å². The van der Waals surface area contributed by atoms with Crippen LogP contribution in [0.4, 0.5) is 0 Å². The first kappa shape index (κ1) is 12.8. The second-order valence-electron chi connectivity index (χ2n) is 4.79. The van der Waals surface area contributed by atoms with Gasteiger partial charge in [-0.1, -0.05) is 39.0 Å². The van der Waals surface area contributed by atoms with Gasteiger partial charge in [-0.05, 0) is 25.3 Å². The highest BCUT2D eigenvalue weighted by atomic mass is 16.1. The van der Waals surface area contributed by atoms with E-state index in [0.29, 0.717) is 5.69 Å². The number of nitrogens with one attached hydrogen (secondary N) is 1. The van der Waals surface area contributed by atoms with Crippen molar-refractivity contribution in [1.29, 1.82) is 0 Å². The first-order valence-electron chi connectivity index (χ1n) is 6.66. The number of carbonyl (C=O) groups is 1. The highest BCUT2D eigenvalue weighted by molar-refractivity contribution is 6.08. The van der Waals surface area contributed by atoms with Crippen molar-refractivity contribution in [3.63, 3.8) is 0 Å². The maximum atomic E-state index is 12.8. The van der Waals surface area contributed by atoms with E-state index in [4.69, 9.17) is 0 Å². The first-order chi connectivity index (χ1) is 8.68. The summed E-state index contributed by atoms with van der Waals surface area (Å²) in [5.74, 6) is 0.174. The van der Waals surface area contributed by atoms with Crippen LogP contribution in [0.15, 0.2) is 24.3 Å². The number of benzene rings is 1. The van der Waals surface area contributed by atoms with E-state index in [-0.39, 0.29) is 11.2 Å². The minimum atomic E-state index is -0.266. The van der Waals surface area contributed by atoms with Gasteiger partial charge in [-0.3, -0.25) is 9.89 Å². The molecule has 0 fully saturated rings. The van der Waals surface area contributed by atoms with Crippen LogP contribution in [0.3, 0.4) is 0 Å². The summed E-state index contributed by atoms with van der Waals surface area (Å²) < 4.78 is 0. The van der Waals surface area contributed by atoms with Gasteiger partial charge in [0, 0.05) is 10.8 Å². The Kier molecular flexibility index (Phi) is 3.50. The normalized spacial score (nSPS) is 11.9. The zero-order chi connectivity index (χ0) is 13.2. The number of carbonyl (C=O) groups excluding carboxylic acids is 1. The van der Waals surface area contributed by atoms with Crippen LogP contribution in [0.2, 0.25) is 0 Å². The second-order valence-corrected chi connectivity index (χ2v) is 4.79. The third-order valence-electron chi connectivity index (χ3n) is 4.20. The highest BCUT2D eigenvalue weighted by Crippen LogP contribution is 2.35. The fraction of sp³-hybridized carbons (Fsp3) is 0.467. The molecule has 0 radical (unpaired) electrons. The molecule has 0 aliphatic heterocycles. The number of fused-ring (bicyclic) bond motifs is 1. The van der Waals surface area contributed by atoms with Crippen molar-refractivity contribution >= 4 is 16.7 Å². The number of nitrogens with zero attached hydrogens (tertiary/aromatic N) is 1. The van der Waals surface area contributed by atoms with Gasteiger partial charge in [0.05, 0.1) is 5.52 Å². The monoisotopic (exact) mass is 244 g/mol. The summed E-state index contributed by atoms with van der Waals surface area (Å²) in [6.45, 7) is 6.25. The van der Waals surface area contributed by atoms with Gasteiger partial charge in [0.25, 0.3) is 0 Å². The van der Waals surface area contributed by atoms with Crippen molar-refractivity contribution < 1.29 is 4.79 Å². The molecule has 0 atom stereocenters. The minimum Gasteiger partial charge on any atom is -0.292 e. The standard InChI is InChI=1S/C15H20N2O/c1-4-15(5-2,6-3)14(18)13-11-9-7-8-10-12(11)16-17-13/h7-10H,4-6H2,1-3H3,(H,16,17). The number of aromatic amines is 1. The Balaban J connectivity index is 2.51. The second kappa shape index (κ2) is 4.92. The molecule has 3 heteroatoms. The molecule has 0 unspecified atom stereocenters. The molecule has 0 saturated heterocycles. The lowest BCUT2D eigenvalue weighted by Gasteiger charge is -2.27. The number of rotatable bonds is 5. The average Bonchev–Trinajstić information content (AvgIpc) is 2.85. The molecule has 0 aliphatic carbocycles. The lowest BCUT2D eigenvalue weighted by atomic mass is 9.74. The molecule has 3 nitrogen and oxygen atoms in total. The molecule has 0 bridgehead atoms. The maximum absolute atomic E-state index is 12.8. The van der Waals surface area contributed by atoms with Gasteiger partial charge >= 0.3 is 0 Å². The number of ketones is 1. The molecular formula is C15H20N2O. The van der Waals surface area contributed by atoms with Crippen molar-refractivity contribution in [1.82, 2.24) is 10.2 Å². The number of hydrogen-bond acceptors (Lipinski definition) is 2. The van der Waals surface area contributed by atoms with Crippen molar-refractivity contribution in [3.8, 4) is 0 Å². The Labute approximate surface area is 108 Å². The third kappa shape index (κ3) is 1.84. The molecule has 0 aliphatic rings. The van der Waals surface area contributed by atoms with Crippen molar-refractivity contribution in [2.75, 3.05) is 0 Å². The zero-order valence-electron chi connectivity index (χ0n) is 11.3. The summed E-state index contributed by atoms with van der Waals surface area (Å²) in [5, 5.41) is 8.11. The fourth-order valence-corrected chi connectivity index (χ4v) is 2.62. The summed E-state index contributed by atoms with van der Waals surface area (Å²) in [4.78, 5) is 12.8. The quantitative estimate of drug-likeness (QED) is 0.809. The fourth-order valence-electron chi connectivity index (χ4n) is 2.62. The average molecular weight is 244 g/mol. The molecule has 0 amide bonds. The van der Waals surface area contributed by atoms with Gasteiger partial charge < -0.3 is 0 Å². The van der Waals surface area contributed by atoms with E-state index in [1.807, 2.05) is 24.3 Å². The minimum absolute atomic E-state index is 0.174. The lowest BCUT2D eigenvalue weighted by molar-refractivity contribution is 0.0762. The van der Waals surface area contributed by atoms with Crippen molar-refractivity contribution in [2.45, 2.75) is 40.0 Å². The van der Waals surface area contributed by atoms with E-state index in [1.54, 1.807) is 0 Å². The zero-order valence-corrected chi connectivity index (χ0v) is 11.3. The number of para-hydroxylation sites is 1. The summed E-state index contributed by atoms with van der Waals surface area (Å²) in [5.41, 5.74) is 1.26. The SMILES string of the molecule is CCC(CC)(CC)C(=O)c1n[nH]c2ccccc12. The summed E-state index contributed by atoms with van der Waals surface area (Å²) in [6, 6.07) is 7.80. The van der Waals surface area contributed by atoms with E-state index >= 15 is 0 Å². The number of hydrogen-bond donors (Lipinski definition) is 1. The Morgan fingerprint density at radius 1 is 1.17 bits per heavy atom. The molecular weight excluding hydrogens is 224 g/mol. The molecule has 0 saturated carbocycles. The summed E-state index contributed by atoms with van der Waals surface area (Å²) in [6.07, 6.45) is 2.58. The van der Waals surface area contributed by atoms with Crippen LogP contribution in [-0.2, 0) is 0 Å². The Bertz CT molecular complexity index is 544. The van der Waals surface area contributed by atoms with Gasteiger partial charge in [0.1, 0.15) is 5.69 Å². The predicted octanol–water partition coefficient (Wildman–Crippen LogP) is 3.96. The largest absolute Gasteiger partial charge is 0.292 e. The Morgan fingerprint density at radius 3 is 2.39 bits per heavy atom. The van der Waals surface area contributed by atoms with Crippen LogP contribution in [0.5, 0.6) is 0 Å². The molecule has 18 heavy (non-hydrogen) atoms. The first-order valence-corrected chi connectivity index (χ1v) is 6.66. The molecule has 2 aromatic rings. The van der Waals surface area contributed by atoms with Crippen LogP contribution in [0.25, 0.3) is 10.9 Å². The molecule has 1 N–H and O–H groups in total. The van der Waals surface area contributed by atoms with Gasteiger partial charge in [-0.25, -0.2) is 0 Å². The topological polar surface area (TPSA) is 45.8 Å². The van der Waals surface area contributed by atoms with E-state index < -0.39 is 0 Å². The Morgan fingerprint density at radius 2 is 1.78 bits per heavy atom. The number of H-pyrrole nitrogens is 1. The van der Waals surface area contributed by atoms with E-state index in [9.17, 15) is 4.79 Å². The third-order valence-corrected chi connectivity index (χ3v) is 4.20. The van der Waals surface area contributed by atoms with Crippen LogP contribution in [0.1, 0.15) is 50.5 Å². The maximum Gasteiger partial charge on any atom is 0.189 e. The predicted molar refractivity (Wildman–Crippen MR) is 73.7 cm³/mol. The van der Waals surface area contributed by atoms with Crippen LogP contribution in [0, 0.1) is 5.41 Å². The van der Waals surface area contributed by atoms with Crippen LogP contribution < -0.4 is 0 Å². The molecule has 96 valence electrons. The van der Waals surface area contributed by atoms with E-state index in [2.05, 4.69) is 31.0 Å². The van der Waals surface area contributed by atoms with Gasteiger partial charge in [-0.2, -0.15) is 5.10 Å². The van der Waals surface area contributed by atoms with E-state index in [1.165, 1.54) is 0 Å². The number of Topliss-reactive ketones (excluding diaryl/α,β-unsaturated/α-hetero) is 1. The molecule has 2 rings (SSSR count). The van der Waals surface area contributed by atoms with Gasteiger partial charge in [0.15, 0.2) is 5.78 Å². The molecule has 1 heterocycles. The summed E-state index contributed by atoms with van der Waals surface area (Å²) >= 11 is 0. The highest BCUT2D eigenvalue weighted by Gasteiger charge is 2.35. The number of aromatic nitrogens is 2. The molecule has 1 aromatic carbocycles. The van der Waals surface area contributed by atoms with Crippen molar-refractivity contribution in [2.24, 2.45) is 5.41 Å². The van der Waals surface area contributed by atoms with Gasteiger partial charge in [-0.15, -0.1) is 0 Å². The molecule has 1 aromatic heterocycles. The van der Waals surface area contributed by atoms with Crippen LogP contribution >= 0.6 is 0 Å². The summed E-state index contributed by atoms with van der Waals surface area (Å²) in [7, 11) is 0. The molecule has 0 spiro atoms. The van der Waals surface area contributed by atoms with Gasteiger partial charge in [0.2, 0.25) is 0 Å². The lowest BCUT2D eigenvalue weighted by Crippen LogP contribution is -2.29. The Hall–Kier alpha value is -1.64. The smallest absolute Gasteiger partial charge is 0.189 e. The van der Waals surface area contributed by atoms with E-state index in [0.717, 1.165) is 30.2 Å².